The molecule has 1 aromatic heterocycles. The minimum Gasteiger partial charge on any atom is -0.324 e. The molecule has 0 spiro atoms. The van der Waals surface area contributed by atoms with Crippen molar-refractivity contribution >= 4 is 11.7 Å². The molecule has 0 aliphatic carbocycles. The maximum Gasteiger partial charge on any atom is 0.321 e. The fourth-order valence-corrected chi connectivity index (χ4v) is 3.44. The van der Waals surface area contributed by atoms with Crippen LogP contribution in [0.25, 0.3) is 5.69 Å². The van der Waals surface area contributed by atoms with Crippen molar-refractivity contribution in [3.8, 4) is 5.69 Å². The SMILES string of the molecule is O=C(Nc1ccccc1F)N1CCC(c2cnn(-c3ccccc3)c2)CC1. The van der Waals surface area contributed by atoms with Crippen molar-refractivity contribution in [2.45, 2.75) is 18.8 Å². The van der Waals surface area contributed by atoms with Gasteiger partial charge in [-0.3, -0.25) is 0 Å². The van der Waals surface area contributed by atoms with Gasteiger partial charge in [-0.1, -0.05) is 30.3 Å². The van der Waals surface area contributed by atoms with Crippen LogP contribution in [-0.4, -0.2) is 33.8 Å². The third-order valence-electron chi connectivity index (χ3n) is 4.99. The number of hydrogen-bond acceptors (Lipinski definition) is 2. The molecule has 0 atom stereocenters. The van der Waals surface area contributed by atoms with Gasteiger partial charge < -0.3 is 10.2 Å². The molecule has 3 aromatic rings. The number of anilines is 1. The van der Waals surface area contributed by atoms with Crippen molar-refractivity contribution in [1.29, 1.82) is 0 Å². The molecule has 2 heterocycles. The van der Waals surface area contributed by atoms with Crippen molar-refractivity contribution in [2.24, 2.45) is 0 Å². The molecule has 1 fully saturated rings. The van der Waals surface area contributed by atoms with Gasteiger partial charge in [0.15, 0.2) is 0 Å². The second kappa shape index (κ2) is 7.61. The Hall–Kier alpha value is -3.15. The molecule has 0 radical (unpaired) electrons. The first-order valence-electron chi connectivity index (χ1n) is 9.11. The lowest BCUT2D eigenvalue weighted by molar-refractivity contribution is 0.194. The molecule has 2 amide bonds. The highest BCUT2D eigenvalue weighted by atomic mass is 19.1. The van der Waals surface area contributed by atoms with Crippen LogP contribution < -0.4 is 5.32 Å². The van der Waals surface area contributed by atoms with Crippen molar-refractivity contribution in [3.63, 3.8) is 0 Å². The number of carbonyl (C=O) groups is 1. The van der Waals surface area contributed by atoms with Crippen LogP contribution in [-0.2, 0) is 0 Å². The Morgan fingerprint density at radius 3 is 2.48 bits per heavy atom. The predicted molar refractivity (Wildman–Crippen MR) is 103 cm³/mol. The van der Waals surface area contributed by atoms with Gasteiger partial charge in [0, 0.05) is 19.3 Å². The van der Waals surface area contributed by atoms with Gasteiger partial charge in [-0.05, 0) is 48.6 Å². The summed E-state index contributed by atoms with van der Waals surface area (Å²) < 4.78 is 15.6. The van der Waals surface area contributed by atoms with Gasteiger partial charge in [0.2, 0.25) is 0 Å². The van der Waals surface area contributed by atoms with E-state index in [0.29, 0.717) is 19.0 Å². The largest absolute Gasteiger partial charge is 0.324 e. The fourth-order valence-electron chi connectivity index (χ4n) is 3.44. The molecule has 6 heteroatoms. The third kappa shape index (κ3) is 3.84. The van der Waals surface area contributed by atoms with Gasteiger partial charge in [0.1, 0.15) is 5.82 Å². The van der Waals surface area contributed by atoms with Crippen LogP contribution >= 0.6 is 0 Å². The Kier molecular flexibility index (Phi) is 4.87. The molecular formula is C21H21FN4O. The Morgan fingerprint density at radius 1 is 1.04 bits per heavy atom. The lowest BCUT2D eigenvalue weighted by Crippen LogP contribution is -2.40. The van der Waals surface area contributed by atoms with Crippen LogP contribution in [0.4, 0.5) is 14.9 Å². The number of piperidine rings is 1. The highest BCUT2D eigenvalue weighted by molar-refractivity contribution is 5.89. The summed E-state index contributed by atoms with van der Waals surface area (Å²) in [7, 11) is 0. The predicted octanol–water partition coefficient (Wildman–Crippen LogP) is 4.42. The van der Waals surface area contributed by atoms with E-state index in [2.05, 4.69) is 16.6 Å². The number of carbonyl (C=O) groups excluding carboxylic acids is 1. The summed E-state index contributed by atoms with van der Waals surface area (Å²) in [5.41, 5.74) is 2.44. The quantitative estimate of drug-likeness (QED) is 0.748. The Morgan fingerprint density at radius 2 is 1.74 bits per heavy atom. The molecule has 0 saturated carbocycles. The number of rotatable bonds is 3. The second-order valence-electron chi connectivity index (χ2n) is 6.73. The zero-order chi connectivity index (χ0) is 18.6. The van der Waals surface area contributed by atoms with E-state index in [1.165, 1.54) is 11.6 Å². The number of urea groups is 1. The van der Waals surface area contributed by atoms with Crippen LogP contribution in [0.3, 0.4) is 0 Å². The van der Waals surface area contributed by atoms with Crippen LogP contribution in [0.5, 0.6) is 0 Å². The topological polar surface area (TPSA) is 50.2 Å². The van der Waals surface area contributed by atoms with Crippen LogP contribution in [0.15, 0.2) is 67.0 Å². The molecule has 0 unspecified atom stereocenters. The minimum absolute atomic E-state index is 0.216. The Balaban J connectivity index is 1.36. The van der Waals surface area contributed by atoms with Gasteiger partial charge in [-0.15, -0.1) is 0 Å². The molecule has 4 rings (SSSR count). The Labute approximate surface area is 157 Å². The average Bonchev–Trinajstić information content (AvgIpc) is 3.21. The molecule has 1 saturated heterocycles. The number of benzene rings is 2. The lowest BCUT2D eigenvalue weighted by Gasteiger charge is -2.31. The van der Waals surface area contributed by atoms with Crippen LogP contribution in [0, 0.1) is 5.82 Å². The summed E-state index contributed by atoms with van der Waals surface area (Å²) in [5.74, 6) is -0.0472. The van der Waals surface area contributed by atoms with Gasteiger partial charge in [0.05, 0.1) is 17.6 Å². The number of amides is 2. The van der Waals surface area contributed by atoms with Gasteiger partial charge >= 0.3 is 6.03 Å². The third-order valence-corrected chi connectivity index (χ3v) is 4.99. The van der Waals surface area contributed by atoms with Crippen LogP contribution in [0.2, 0.25) is 0 Å². The molecule has 2 aromatic carbocycles. The van der Waals surface area contributed by atoms with E-state index >= 15 is 0 Å². The normalized spacial score (nSPS) is 14.9. The zero-order valence-corrected chi connectivity index (χ0v) is 14.9. The second-order valence-corrected chi connectivity index (χ2v) is 6.73. The van der Waals surface area contributed by atoms with E-state index < -0.39 is 5.82 Å². The molecule has 1 aliphatic rings. The first kappa shape index (κ1) is 17.3. The zero-order valence-electron chi connectivity index (χ0n) is 14.9. The molecule has 0 bridgehead atoms. The van der Waals surface area contributed by atoms with Crippen molar-refractivity contribution in [2.75, 3.05) is 18.4 Å². The lowest BCUT2D eigenvalue weighted by atomic mass is 9.92. The molecule has 1 aliphatic heterocycles. The van der Waals surface area contributed by atoms with E-state index in [-0.39, 0.29) is 11.7 Å². The smallest absolute Gasteiger partial charge is 0.321 e. The first-order chi connectivity index (χ1) is 13.2. The molecule has 1 N–H and O–H groups in total. The Bertz CT molecular complexity index is 917. The number of para-hydroxylation sites is 2. The standard InChI is InChI=1S/C21H21FN4O/c22-19-8-4-5-9-20(19)24-21(27)25-12-10-16(11-13-25)17-14-23-26(15-17)18-6-2-1-3-7-18/h1-9,14-16H,10-13H2,(H,24,27). The number of likely N-dealkylation sites (tertiary alicyclic amines) is 1. The molecule has 27 heavy (non-hydrogen) atoms. The van der Waals surface area contributed by atoms with E-state index in [0.717, 1.165) is 18.5 Å². The van der Waals surface area contributed by atoms with E-state index in [1.807, 2.05) is 41.2 Å². The van der Waals surface area contributed by atoms with Gasteiger partial charge in [-0.2, -0.15) is 5.10 Å². The van der Waals surface area contributed by atoms with E-state index in [4.69, 9.17) is 0 Å². The average molecular weight is 364 g/mol. The highest BCUT2D eigenvalue weighted by Crippen LogP contribution is 2.28. The summed E-state index contributed by atoms with van der Waals surface area (Å²) >= 11 is 0. The highest BCUT2D eigenvalue weighted by Gasteiger charge is 2.25. The first-order valence-corrected chi connectivity index (χ1v) is 9.11. The van der Waals surface area contributed by atoms with E-state index in [9.17, 15) is 9.18 Å². The molecular weight excluding hydrogens is 343 g/mol. The summed E-state index contributed by atoms with van der Waals surface area (Å²) in [6.07, 6.45) is 5.71. The summed E-state index contributed by atoms with van der Waals surface area (Å²) in [6.45, 7) is 1.28. The van der Waals surface area contributed by atoms with Gasteiger partial charge in [-0.25, -0.2) is 13.9 Å². The van der Waals surface area contributed by atoms with Crippen molar-refractivity contribution < 1.29 is 9.18 Å². The number of halogens is 1. The number of nitrogens with zero attached hydrogens (tertiary/aromatic N) is 3. The van der Waals surface area contributed by atoms with E-state index in [1.54, 1.807) is 23.1 Å². The maximum atomic E-state index is 13.7. The van der Waals surface area contributed by atoms with Crippen LogP contribution in [0.1, 0.15) is 24.3 Å². The van der Waals surface area contributed by atoms with Crippen molar-refractivity contribution in [1.82, 2.24) is 14.7 Å². The number of hydrogen-bond donors (Lipinski definition) is 1. The molecule has 138 valence electrons. The molecule has 5 nitrogen and oxygen atoms in total. The summed E-state index contributed by atoms with van der Waals surface area (Å²) in [6, 6.07) is 16.0. The summed E-state index contributed by atoms with van der Waals surface area (Å²) in [5, 5.41) is 7.12. The van der Waals surface area contributed by atoms with Gasteiger partial charge in [0.25, 0.3) is 0 Å². The summed E-state index contributed by atoms with van der Waals surface area (Å²) in [4.78, 5) is 14.1. The fraction of sp³-hybridized carbons (Fsp3) is 0.238. The van der Waals surface area contributed by atoms with Crippen molar-refractivity contribution in [3.05, 3.63) is 78.4 Å². The monoisotopic (exact) mass is 364 g/mol. The maximum absolute atomic E-state index is 13.7. The number of aromatic nitrogens is 2. The number of nitrogens with one attached hydrogen (secondary N) is 1. The minimum atomic E-state index is -0.422.